The lowest BCUT2D eigenvalue weighted by molar-refractivity contribution is -0.122. The van der Waals surface area contributed by atoms with Crippen LogP contribution in [-0.4, -0.2) is 26.6 Å². The average Bonchev–Trinajstić information content (AvgIpc) is 2.82. The Morgan fingerprint density at radius 1 is 1.42 bits per heavy atom. The van der Waals surface area contributed by atoms with Gasteiger partial charge >= 0.3 is 0 Å². The van der Waals surface area contributed by atoms with Crippen LogP contribution in [0.15, 0.2) is 23.1 Å². The number of benzene rings is 1. The van der Waals surface area contributed by atoms with Gasteiger partial charge in [0, 0.05) is 18.7 Å². The molecular weight excluding hydrogens is 355 g/mol. The minimum absolute atomic E-state index is 0. The zero-order valence-corrected chi connectivity index (χ0v) is 15.4. The van der Waals surface area contributed by atoms with Crippen molar-refractivity contribution >= 4 is 28.2 Å². The van der Waals surface area contributed by atoms with Crippen LogP contribution in [0.5, 0.6) is 0 Å². The number of sulfone groups is 1. The molecule has 1 aromatic carbocycles. The van der Waals surface area contributed by atoms with Gasteiger partial charge in [-0.15, -0.1) is 12.4 Å². The van der Waals surface area contributed by atoms with Gasteiger partial charge in [-0.2, -0.15) is 0 Å². The SMILES string of the molecule is CC(NC(=O)C[C@@H]1CCC[C@H]1N)c1ccc(S(C)(=O)=O)c(F)c1.Cl. The molecule has 5 nitrogen and oxygen atoms in total. The van der Waals surface area contributed by atoms with Crippen LogP contribution in [0.2, 0.25) is 0 Å². The highest BCUT2D eigenvalue weighted by Crippen LogP contribution is 2.27. The lowest BCUT2D eigenvalue weighted by Crippen LogP contribution is -2.32. The topological polar surface area (TPSA) is 89.3 Å². The summed E-state index contributed by atoms with van der Waals surface area (Å²) >= 11 is 0. The Hall–Kier alpha value is -1.18. The summed E-state index contributed by atoms with van der Waals surface area (Å²) in [5.41, 5.74) is 6.49. The smallest absolute Gasteiger partial charge is 0.220 e. The van der Waals surface area contributed by atoms with E-state index in [1.54, 1.807) is 6.92 Å². The van der Waals surface area contributed by atoms with Gasteiger partial charge in [-0.05, 0) is 43.4 Å². The molecule has 1 aliphatic carbocycles. The molecule has 3 N–H and O–H groups in total. The van der Waals surface area contributed by atoms with E-state index in [1.807, 2.05) is 0 Å². The number of nitrogens with two attached hydrogens (primary N) is 1. The first-order valence-corrected chi connectivity index (χ1v) is 9.62. The largest absolute Gasteiger partial charge is 0.350 e. The fourth-order valence-corrected chi connectivity index (χ4v) is 3.76. The average molecular weight is 379 g/mol. The van der Waals surface area contributed by atoms with E-state index in [0.717, 1.165) is 31.6 Å². The second-order valence-electron chi connectivity index (χ2n) is 6.31. The van der Waals surface area contributed by atoms with E-state index < -0.39 is 21.7 Å². The second kappa shape index (κ2) is 8.27. The zero-order chi connectivity index (χ0) is 17.2. The third-order valence-corrected chi connectivity index (χ3v) is 5.53. The normalized spacial score (nSPS) is 21.8. The molecular formula is C16H24ClFN2O3S. The number of carbonyl (C=O) groups is 1. The Bertz CT molecular complexity index is 697. The molecule has 0 aromatic heterocycles. The molecule has 136 valence electrons. The van der Waals surface area contributed by atoms with Crippen LogP contribution in [-0.2, 0) is 14.6 Å². The fourth-order valence-electron chi connectivity index (χ4n) is 3.03. The van der Waals surface area contributed by atoms with Gasteiger partial charge in [0.25, 0.3) is 0 Å². The van der Waals surface area contributed by atoms with Gasteiger partial charge in [-0.1, -0.05) is 12.5 Å². The van der Waals surface area contributed by atoms with E-state index in [1.165, 1.54) is 12.1 Å². The maximum atomic E-state index is 13.9. The first kappa shape index (κ1) is 20.9. The van der Waals surface area contributed by atoms with Crippen LogP contribution in [0.25, 0.3) is 0 Å². The van der Waals surface area contributed by atoms with Crippen molar-refractivity contribution in [2.45, 2.75) is 49.6 Å². The van der Waals surface area contributed by atoms with E-state index in [4.69, 9.17) is 5.73 Å². The molecule has 1 saturated carbocycles. The molecule has 1 fully saturated rings. The molecule has 0 bridgehead atoms. The van der Waals surface area contributed by atoms with Gasteiger partial charge < -0.3 is 11.1 Å². The van der Waals surface area contributed by atoms with E-state index in [-0.39, 0.29) is 35.2 Å². The Labute approximate surface area is 148 Å². The van der Waals surface area contributed by atoms with Crippen LogP contribution < -0.4 is 11.1 Å². The number of halogens is 2. The Kier molecular flexibility index (Phi) is 7.19. The second-order valence-corrected chi connectivity index (χ2v) is 8.29. The quantitative estimate of drug-likeness (QED) is 0.822. The van der Waals surface area contributed by atoms with Crippen molar-refractivity contribution in [3.05, 3.63) is 29.6 Å². The molecule has 0 radical (unpaired) electrons. The van der Waals surface area contributed by atoms with Gasteiger partial charge in [-0.25, -0.2) is 12.8 Å². The van der Waals surface area contributed by atoms with Gasteiger partial charge in [0.05, 0.1) is 6.04 Å². The molecule has 0 aliphatic heterocycles. The summed E-state index contributed by atoms with van der Waals surface area (Å²) in [5.74, 6) is -0.720. The molecule has 2 rings (SSSR count). The highest BCUT2D eigenvalue weighted by molar-refractivity contribution is 7.90. The Balaban J connectivity index is 0.00000288. The van der Waals surface area contributed by atoms with Crippen LogP contribution in [0.4, 0.5) is 4.39 Å². The van der Waals surface area contributed by atoms with Crippen molar-refractivity contribution in [3.8, 4) is 0 Å². The van der Waals surface area contributed by atoms with Crippen molar-refractivity contribution in [2.75, 3.05) is 6.26 Å². The first-order chi connectivity index (χ1) is 10.7. The standard InChI is InChI=1S/C16H23FN2O3S.ClH/c1-10(19-16(20)9-12-4-3-5-14(12)18)11-6-7-15(13(17)8-11)23(2,21)22;/h6-8,10,12,14H,3-5,9,18H2,1-2H3,(H,19,20);1H/t10?,12-,14+;/m0./s1. The van der Waals surface area contributed by atoms with Crippen molar-refractivity contribution in [3.63, 3.8) is 0 Å². The summed E-state index contributed by atoms with van der Waals surface area (Å²) in [5, 5.41) is 2.82. The van der Waals surface area contributed by atoms with Gasteiger partial charge in [0.2, 0.25) is 5.91 Å². The maximum Gasteiger partial charge on any atom is 0.220 e. The van der Waals surface area contributed by atoms with E-state index in [9.17, 15) is 17.6 Å². The van der Waals surface area contributed by atoms with Crippen molar-refractivity contribution in [1.29, 1.82) is 0 Å². The lowest BCUT2D eigenvalue weighted by Gasteiger charge is -2.18. The summed E-state index contributed by atoms with van der Waals surface area (Å²) in [7, 11) is -3.60. The van der Waals surface area contributed by atoms with Crippen molar-refractivity contribution in [1.82, 2.24) is 5.32 Å². The van der Waals surface area contributed by atoms with Crippen LogP contribution in [0, 0.1) is 11.7 Å². The number of carbonyl (C=O) groups excluding carboxylic acids is 1. The minimum Gasteiger partial charge on any atom is -0.350 e. The summed E-state index contributed by atoms with van der Waals surface area (Å²) in [6.45, 7) is 1.74. The summed E-state index contributed by atoms with van der Waals surface area (Å²) < 4.78 is 36.7. The number of amides is 1. The third-order valence-electron chi connectivity index (χ3n) is 4.40. The molecule has 1 unspecified atom stereocenters. The van der Waals surface area contributed by atoms with Gasteiger partial charge in [0.1, 0.15) is 10.7 Å². The molecule has 8 heteroatoms. The van der Waals surface area contributed by atoms with Crippen LogP contribution in [0.3, 0.4) is 0 Å². The van der Waals surface area contributed by atoms with Gasteiger partial charge in [-0.3, -0.25) is 4.79 Å². The van der Waals surface area contributed by atoms with E-state index in [2.05, 4.69) is 5.32 Å². The number of nitrogens with one attached hydrogen (secondary N) is 1. The van der Waals surface area contributed by atoms with E-state index >= 15 is 0 Å². The minimum atomic E-state index is -3.60. The molecule has 0 spiro atoms. The fraction of sp³-hybridized carbons (Fsp3) is 0.562. The molecule has 24 heavy (non-hydrogen) atoms. The monoisotopic (exact) mass is 378 g/mol. The molecule has 0 saturated heterocycles. The van der Waals surface area contributed by atoms with Crippen LogP contribution in [0.1, 0.15) is 44.2 Å². The van der Waals surface area contributed by atoms with Gasteiger partial charge in [0.15, 0.2) is 9.84 Å². The maximum absolute atomic E-state index is 13.9. The summed E-state index contributed by atoms with van der Waals surface area (Å²) in [4.78, 5) is 11.7. The lowest BCUT2D eigenvalue weighted by atomic mass is 9.99. The molecule has 3 atom stereocenters. The number of rotatable bonds is 5. The molecule has 1 aliphatic rings. The van der Waals surface area contributed by atoms with E-state index in [0.29, 0.717) is 12.0 Å². The predicted octanol–water partition coefficient (Wildman–Crippen LogP) is 2.35. The summed E-state index contributed by atoms with van der Waals surface area (Å²) in [6.07, 6.45) is 4.29. The highest BCUT2D eigenvalue weighted by atomic mass is 35.5. The summed E-state index contributed by atoms with van der Waals surface area (Å²) in [6, 6.07) is 3.58. The third kappa shape index (κ3) is 5.16. The van der Waals surface area contributed by atoms with Crippen LogP contribution >= 0.6 is 12.4 Å². The van der Waals surface area contributed by atoms with Crippen molar-refractivity contribution in [2.24, 2.45) is 11.7 Å². The van der Waals surface area contributed by atoms with Crippen molar-refractivity contribution < 1.29 is 17.6 Å². The number of hydrogen-bond acceptors (Lipinski definition) is 4. The molecule has 1 aromatic rings. The Morgan fingerprint density at radius 3 is 2.58 bits per heavy atom. The zero-order valence-electron chi connectivity index (χ0n) is 13.8. The first-order valence-electron chi connectivity index (χ1n) is 7.73. The molecule has 1 amide bonds. The molecule has 0 heterocycles. The Morgan fingerprint density at radius 2 is 2.08 bits per heavy atom. The predicted molar refractivity (Wildman–Crippen MR) is 93.2 cm³/mol. The highest BCUT2D eigenvalue weighted by Gasteiger charge is 2.26. The number of hydrogen-bond donors (Lipinski definition) is 2.